The van der Waals surface area contributed by atoms with Gasteiger partial charge in [-0.1, -0.05) is 0 Å². The Balaban J connectivity index is 1.69. The molecular weight excluding hydrogens is 270 g/mol. The lowest BCUT2D eigenvalue weighted by atomic mass is 9.90. The molecule has 1 aliphatic heterocycles. The Hall–Kier alpha value is -2.25. The van der Waals surface area contributed by atoms with Crippen LogP contribution in [0, 0.1) is 0 Å². The van der Waals surface area contributed by atoms with Crippen LogP contribution in [0.3, 0.4) is 0 Å². The number of ether oxygens (including phenoxy) is 1. The van der Waals surface area contributed by atoms with E-state index in [1.807, 2.05) is 6.07 Å². The van der Waals surface area contributed by atoms with Crippen LogP contribution in [0.5, 0.6) is 0 Å². The van der Waals surface area contributed by atoms with Crippen molar-refractivity contribution in [2.45, 2.75) is 18.4 Å². The molecule has 3 N–H and O–H groups in total. The molecule has 110 valence electrons. The van der Waals surface area contributed by atoms with Gasteiger partial charge in [0.2, 0.25) is 5.91 Å². The summed E-state index contributed by atoms with van der Waals surface area (Å²) in [5.74, 6) is 0.492. The molecule has 0 aliphatic carbocycles. The van der Waals surface area contributed by atoms with E-state index in [9.17, 15) is 4.79 Å². The van der Waals surface area contributed by atoms with Gasteiger partial charge in [0.25, 0.3) is 0 Å². The zero-order valence-corrected chi connectivity index (χ0v) is 11.5. The smallest absolute Gasteiger partial charge is 0.244 e. The average Bonchev–Trinajstić information content (AvgIpc) is 3.03. The minimum absolute atomic E-state index is 0.195. The summed E-state index contributed by atoms with van der Waals surface area (Å²) in [5, 5.41) is 6.91. The largest absolute Gasteiger partial charge is 0.381 e. The lowest BCUT2D eigenvalue weighted by molar-refractivity contribution is -0.124. The Morgan fingerprint density at radius 3 is 2.81 bits per heavy atom. The van der Waals surface area contributed by atoms with Gasteiger partial charge in [0, 0.05) is 25.6 Å². The monoisotopic (exact) mass is 287 g/mol. The molecule has 1 amide bonds. The second-order valence-corrected chi connectivity index (χ2v) is 5.08. The van der Waals surface area contributed by atoms with Gasteiger partial charge in [-0.3, -0.25) is 4.79 Å². The maximum Gasteiger partial charge on any atom is 0.244 e. The highest BCUT2D eigenvalue weighted by molar-refractivity contribution is 5.97. The molecule has 3 rings (SSSR count). The van der Waals surface area contributed by atoms with E-state index in [2.05, 4.69) is 15.4 Å². The number of nitrogens with one attached hydrogen (secondary N) is 1. The van der Waals surface area contributed by atoms with E-state index in [0.29, 0.717) is 37.6 Å². The number of hydrogen-bond acceptors (Lipinski definition) is 5. The molecule has 1 fully saturated rings. The van der Waals surface area contributed by atoms with E-state index in [1.165, 1.54) is 0 Å². The van der Waals surface area contributed by atoms with E-state index < -0.39 is 5.54 Å². The van der Waals surface area contributed by atoms with Gasteiger partial charge in [-0.2, -0.15) is 5.10 Å². The quantitative estimate of drug-likeness (QED) is 0.867. The predicted molar refractivity (Wildman–Crippen MR) is 77.0 cm³/mol. The number of rotatable bonds is 3. The highest BCUT2D eigenvalue weighted by atomic mass is 16.5. The van der Waals surface area contributed by atoms with Crippen molar-refractivity contribution in [3.8, 4) is 5.82 Å². The Bertz CT molecular complexity index is 603. The first kappa shape index (κ1) is 13.7. The number of nitrogens with zero attached hydrogens (tertiary/aromatic N) is 3. The minimum Gasteiger partial charge on any atom is -0.381 e. The van der Waals surface area contributed by atoms with Gasteiger partial charge >= 0.3 is 0 Å². The van der Waals surface area contributed by atoms with Crippen molar-refractivity contribution in [3.05, 3.63) is 36.8 Å². The lowest BCUT2D eigenvalue weighted by Gasteiger charge is -2.31. The van der Waals surface area contributed by atoms with Gasteiger partial charge in [-0.25, -0.2) is 9.67 Å². The summed E-state index contributed by atoms with van der Waals surface area (Å²) in [4.78, 5) is 16.5. The number of amides is 1. The highest BCUT2D eigenvalue weighted by Crippen LogP contribution is 2.20. The summed E-state index contributed by atoms with van der Waals surface area (Å²) >= 11 is 0. The molecule has 0 spiro atoms. The molecule has 3 heterocycles. The average molecular weight is 287 g/mol. The first-order valence-corrected chi connectivity index (χ1v) is 6.82. The second-order valence-electron chi connectivity index (χ2n) is 5.08. The van der Waals surface area contributed by atoms with Crippen molar-refractivity contribution in [1.82, 2.24) is 14.8 Å². The van der Waals surface area contributed by atoms with Crippen LogP contribution in [0.1, 0.15) is 12.8 Å². The molecule has 0 unspecified atom stereocenters. The topological polar surface area (TPSA) is 95.1 Å². The van der Waals surface area contributed by atoms with Gasteiger partial charge in [0.1, 0.15) is 5.54 Å². The molecule has 0 radical (unpaired) electrons. The molecule has 0 aromatic carbocycles. The minimum atomic E-state index is -0.862. The fourth-order valence-corrected chi connectivity index (χ4v) is 2.22. The summed E-state index contributed by atoms with van der Waals surface area (Å²) in [6, 6.07) is 5.39. The molecule has 0 saturated carbocycles. The van der Waals surface area contributed by atoms with Crippen LogP contribution in [0.4, 0.5) is 5.69 Å². The maximum absolute atomic E-state index is 12.3. The predicted octanol–water partition coefficient (Wildman–Crippen LogP) is 0.714. The highest BCUT2D eigenvalue weighted by Gasteiger charge is 2.35. The van der Waals surface area contributed by atoms with E-state index >= 15 is 0 Å². The van der Waals surface area contributed by atoms with Gasteiger partial charge < -0.3 is 15.8 Å². The third kappa shape index (κ3) is 2.93. The molecule has 7 heteroatoms. The second kappa shape index (κ2) is 5.63. The number of carbonyl (C=O) groups is 1. The Morgan fingerprint density at radius 2 is 2.19 bits per heavy atom. The fourth-order valence-electron chi connectivity index (χ4n) is 2.22. The van der Waals surface area contributed by atoms with Crippen LogP contribution in [-0.2, 0) is 9.53 Å². The van der Waals surface area contributed by atoms with Crippen molar-refractivity contribution in [1.29, 1.82) is 0 Å². The van der Waals surface area contributed by atoms with Gasteiger partial charge in [-0.05, 0) is 31.0 Å². The van der Waals surface area contributed by atoms with E-state index in [1.54, 1.807) is 35.4 Å². The van der Waals surface area contributed by atoms with Gasteiger partial charge in [0.15, 0.2) is 5.82 Å². The maximum atomic E-state index is 12.3. The number of hydrogen-bond donors (Lipinski definition) is 2. The number of aromatic nitrogens is 3. The van der Waals surface area contributed by atoms with Crippen LogP contribution in [0.25, 0.3) is 5.82 Å². The molecule has 1 aliphatic rings. The summed E-state index contributed by atoms with van der Waals surface area (Å²) in [7, 11) is 0. The van der Waals surface area contributed by atoms with Crippen molar-refractivity contribution < 1.29 is 9.53 Å². The first-order chi connectivity index (χ1) is 10.2. The first-order valence-electron chi connectivity index (χ1n) is 6.82. The molecule has 0 atom stereocenters. The van der Waals surface area contributed by atoms with Crippen LogP contribution in [0.2, 0.25) is 0 Å². The fraction of sp³-hybridized carbons (Fsp3) is 0.357. The van der Waals surface area contributed by atoms with E-state index in [0.717, 1.165) is 0 Å². The zero-order valence-electron chi connectivity index (χ0n) is 11.5. The SMILES string of the molecule is NC1(C(=O)Nc2ccc(-n3cccn3)nc2)CCOCC1. The number of nitrogens with two attached hydrogens (primary N) is 1. The third-order valence-corrected chi connectivity index (χ3v) is 3.58. The number of pyridine rings is 1. The summed E-state index contributed by atoms with van der Waals surface area (Å²) in [5.41, 5.74) is 5.89. The normalized spacial score (nSPS) is 17.4. The molecule has 0 bridgehead atoms. The standard InChI is InChI=1S/C14H17N5O2/c15-14(4-8-21-9-5-14)13(20)18-11-2-3-12(16-10-11)19-7-1-6-17-19/h1-3,6-7,10H,4-5,8-9,15H2,(H,18,20). The third-order valence-electron chi connectivity index (χ3n) is 3.58. The summed E-state index contributed by atoms with van der Waals surface area (Å²) in [6.45, 7) is 1.03. The van der Waals surface area contributed by atoms with Gasteiger partial charge in [0.05, 0.1) is 11.9 Å². The van der Waals surface area contributed by atoms with Crippen LogP contribution in [0.15, 0.2) is 36.8 Å². The molecule has 21 heavy (non-hydrogen) atoms. The molecule has 2 aromatic heterocycles. The molecular formula is C14H17N5O2. The summed E-state index contributed by atoms with van der Waals surface area (Å²) in [6.07, 6.45) is 6.13. The van der Waals surface area contributed by atoms with E-state index in [-0.39, 0.29) is 5.91 Å². The van der Waals surface area contributed by atoms with Crippen molar-refractivity contribution >= 4 is 11.6 Å². The number of anilines is 1. The van der Waals surface area contributed by atoms with Crippen LogP contribution in [-0.4, -0.2) is 39.4 Å². The van der Waals surface area contributed by atoms with Crippen molar-refractivity contribution in [2.75, 3.05) is 18.5 Å². The Labute approximate surface area is 122 Å². The lowest BCUT2D eigenvalue weighted by Crippen LogP contribution is -2.54. The zero-order chi connectivity index (χ0) is 14.7. The van der Waals surface area contributed by atoms with Gasteiger partial charge in [-0.15, -0.1) is 0 Å². The Morgan fingerprint density at radius 1 is 1.38 bits per heavy atom. The number of carbonyl (C=O) groups excluding carboxylic acids is 1. The van der Waals surface area contributed by atoms with E-state index in [4.69, 9.17) is 10.5 Å². The van der Waals surface area contributed by atoms with Crippen LogP contribution >= 0.6 is 0 Å². The van der Waals surface area contributed by atoms with Crippen LogP contribution < -0.4 is 11.1 Å². The van der Waals surface area contributed by atoms with Crippen molar-refractivity contribution in [3.63, 3.8) is 0 Å². The molecule has 7 nitrogen and oxygen atoms in total. The molecule has 2 aromatic rings. The summed E-state index contributed by atoms with van der Waals surface area (Å²) < 4.78 is 6.89. The van der Waals surface area contributed by atoms with Crippen molar-refractivity contribution in [2.24, 2.45) is 5.73 Å². The Kier molecular flexibility index (Phi) is 3.68. The molecule has 1 saturated heterocycles.